The molecule has 0 spiro atoms. The maximum atomic E-state index is 12.8. The van der Waals surface area contributed by atoms with Gasteiger partial charge in [-0.15, -0.1) is 0 Å². The van der Waals surface area contributed by atoms with Crippen LogP contribution in [0.15, 0.2) is 54.6 Å². The van der Waals surface area contributed by atoms with E-state index in [-0.39, 0.29) is 18.4 Å². The average molecular weight is 350 g/mol. The minimum absolute atomic E-state index is 0.000896. The lowest BCUT2D eigenvalue weighted by molar-refractivity contribution is -0.156. The fraction of sp³-hybridized carbons (Fsp3) is 0.364. The lowest BCUT2D eigenvalue weighted by atomic mass is 10.0. The van der Waals surface area contributed by atoms with E-state index in [9.17, 15) is 9.59 Å². The van der Waals surface area contributed by atoms with Crippen molar-refractivity contribution in [2.24, 2.45) is 0 Å². The third kappa shape index (κ3) is 3.96. The number of carbonyl (C=O) groups excluding carboxylic acids is 2. The van der Waals surface area contributed by atoms with Gasteiger partial charge in [0.25, 0.3) is 0 Å². The van der Waals surface area contributed by atoms with Gasteiger partial charge in [0.05, 0.1) is 0 Å². The first-order valence-electron chi connectivity index (χ1n) is 9.16. The van der Waals surface area contributed by atoms with Crippen molar-refractivity contribution in [1.29, 1.82) is 0 Å². The second kappa shape index (κ2) is 7.73. The molecule has 0 saturated carbocycles. The molecule has 0 bridgehead atoms. The molecule has 1 fully saturated rings. The molecule has 1 atom stereocenters. The molecule has 3 rings (SSSR count). The number of amides is 2. The molecule has 1 aliphatic rings. The second-order valence-electron chi connectivity index (χ2n) is 7.27. The summed E-state index contributed by atoms with van der Waals surface area (Å²) in [7, 11) is 0. The summed E-state index contributed by atoms with van der Waals surface area (Å²) in [6.45, 7) is 7.23. The molecule has 1 heterocycles. The van der Waals surface area contributed by atoms with Gasteiger partial charge < -0.3 is 9.80 Å². The molecule has 1 saturated heterocycles. The van der Waals surface area contributed by atoms with E-state index in [0.717, 1.165) is 11.1 Å². The van der Waals surface area contributed by atoms with Crippen molar-refractivity contribution in [1.82, 2.24) is 9.80 Å². The maximum Gasteiger partial charge on any atom is 0.245 e. The lowest BCUT2D eigenvalue weighted by Gasteiger charge is -2.39. The molecule has 2 amide bonds. The largest absolute Gasteiger partial charge is 0.327 e. The van der Waals surface area contributed by atoms with Gasteiger partial charge in [-0.3, -0.25) is 9.59 Å². The van der Waals surface area contributed by atoms with Crippen molar-refractivity contribution in [2.75, 3.05) is 6.54 Å². The summed E-state index contributed by atoms with van der Waals surface area (Å²) in [5.74, 6) is 0.487. The monoisotopic (exact) mass is 350 g/mol. The zero-order valence-corrected chi connectivity index (χ0v) is 15.7. The Bertz CT molecular complexity index is 768. The zero-order valence-electron chi connectivity index (χ0n) is 15.7. The molecule has 4 nitrogen and oxygen atoms in total. The van der Waals surface area contributed by atoms with Crippen molar-refractivity contribution >= 4 is 11.8 Å². The molecule has 0 aromatic heterocycles. The smallest absolute Gasteiger partial charge is 0.245 e. The van der Waals surface area contributed by atoms with Crippen LogP contribution in [0, 0.1) is 0 Å². The van der Waals surface area contributed by atoms with Gasteiger partial charge in [0.1, 0.15) is 12.6 Å². The SMILES string of the molecule is CC(C)c1ccc(CN2C(=O)CN(Cc3ccccc3)C(=O)[C@H]2C)cc1. The molecule has 4 heteroatoms. The fourth-order valence-corrected chi connectivity index (χ4v) is 3.31. The summed E-state index contributed by atoms with van der Waals surface area (Å²) in [5, 5.41) is 0. The Balaban J connectivity index is 1.69. The van der Waals surface area contributed by atoms with Gasteiger partial charge in [-0.25, -0.2) is 0 Å². The van der Waals surface area contributed by atoms with Gasteiger partial charge in [-0.2, -0.15) is 0 Å². The number of hydrogen-bond donors (Lipinski definition) is 0. The minimum Gasteiger partial charge on any atom is -0.327 e. The normalized spacial score (nSPS) is 17.9. The highest BCUT2D eigenvalue weighted by atomic mass is 16.2. The van der Waals surface area contributed by atoms with Gasteiger partial charge in [-0.1, -0.05) is 68.4 Å². The summed E-state index contributed by atoms with van der Waals surface area (Å²) in [6.07, 6.45) is 0. The minimum atomic E-state index is -0.440. The predicted molar refractivity (Wildman–Crippen MR) is 102 cm³/mol. The molecule has 2 aromatic rings. The molecular weight excluding hydrogens is 324 g/mol. The summed E-state index contributed by atoms with van der Waals surface area (Å²) >= 11 is 0. The maximum absolute atomic E-state index is 12.8. The molecule has 0 unspecified atom stereocenters. The third-order valence-electron chi connectivity index (χ3n) is 5.00. The quantitative estimate of drug-likeness (QED) is 0.827. The highest BCUT2D eigenvalue weighted by molar-refractivity contribution is 5.94. The van der Waals surface area contributed by atoms with Gasteiger partial charge in [-0.05, 0) is 29.5 Å². The Hall–Kier alpha value is -2.62. The van der Waals surface area contributed by atoms with Crippen LogP contribution >= 0.6 is 0 Å². The molecule has 0 aliphatic carbocycles. The Morgan fingerprint density at radius 2 is 1.54 bits per heavy atom. The average Bonchev–Trinajstić information content (AvgIpc) is 2.64. The summed E-state index contributed by atoms with van der Waals surface area (Å²) in [5.41, 5.74) is 3.37. The van der Waals surface area contributed by atoms with Gasteiger partial charge >= 0.3 is 0 Å². The summed E-state index contributed by atoms with van der Waals surface area (Å²) < 4.78 is 0. The Morgan fingerprint density at radius 3 is 2.15 bits per heavy atom. The highest BCUT2D eigenvalue weighted by Gasteiger charge is 2.36. The van der Waals surface area contributed by atoms with Crippen molar-refractivity contribution < 1.29 is 9.59 Å². The molecule has 26 heavy (non-hydrogen) atoms. The van der Waals surface area contributed by atoms with Crippen molar-refractivity contribution in [2.45, 2.75) is 45.8 Å². The second-order valence-corrected chi connectivity index (χ2v) is 7.27. The summed E-state index contributed by atoms with van der Waals surface area (Å²) in [4.78, 5) is 28.8. The first kappa shape index (κ1) is 18.2. The van der Waals surface area contributed by atoms with Crippen molar-refractivity contribution in [3.63, 3.8) is 0 Å². The van der Waals surface area contributed by atoms with Crippen LogP contribution in [-0.2, 0) is 22.7 Å². The summed E-state index contributed by atoms with van der Waals surface area (Å²) in [6, 6.07) is 17.7. The number of piperazine rings is 1. The molecular formula is C22H26N2O2. The molecule has 0 N–H and O–H groups in total. The van der Waals surface area contributed by atoms with Crippen LogP contribution < -0.4 is 0 Å². The van der Waals surface area contributed by atoms with Gasteiger partial charge in [0.2, 0.25) is 11.8 Å². The van der Waals surface area contributed by atoms with Crippen LogP contribution in [0.1, 0.15) is 43.4 Å². The molecule has 136 valence electrons. The van der Waals surface area contributed by atoms with E-state index in [1.807, 2.05) is 37.3 Å². The molecule has 1 aliphatic heterocycles. The van der Waals surface area contributed by atoms with Gasteiger partial charge in [0.15, 0.2) is 0 Å². The Morgan fingerprint density at radius 1 is 0.923 bits per heavy atom. The van der Waals surface area contributed by atoms with E-state index in [0.29, 0.717) is 19.0 Å². The van der Waals surface area contributed by atoms with Crippen molar-refractivity contribution in [3.05, 3.63) is 71.3 Å². The fourth-order valence-electron chi connectivity index (χ4n) is 3.31. The number of rotatable bonds is 5. The lowest BCUT2D eigenvalue weighted by Crippen LogP contribution is -2.57. The van der Waals surface area contributed by atoms with Crippen LogP contribution in [0.5, 0.6) is 0 Å². The van der Waals surface area contributed by atoms with Crippen LogP contribution in [0.25, 0.3) is 0 Å². The topological polar surface area (TPSA) is 40.6 Å². The first-order valence-corrected chi connectivity index (χ1v) is 9.16. The van der Waals surface area contributed by atoms with Crippen LogP contribution in [0.3, 0.4) is 0 Å². The first-order chi connectivity index (χ1) is 12.5. The standard InChI is InChI=1S/C22H26N2O2/c1-16(2)20-11-9-19(10-12-20)14-24-17(3)22(26)23(15-21(24)25)13-18-7-5-4-6-8-18/h4-12,16-17H,13-15H2,1-3H3/t17-/m1/s1. The van der Waals surface area contributed by atoms with E-state index >= 15 is 0 Å². The van der Waals surface area contributed by atoms with Gasteiger partial charge in [0, 0.05) is 13.1 Å². The van der Waals surface area contributed by atoms with Crippen molar-refractivity contribution in [3.8, 4) is 0 Å². The van der Waals surface area contributed by atoms with Crippen LogP contribution in [0.2, 0.25) is 0 Å². The molecule has 2 aromatic carbocycles. The molecule has 0 radical (unpaired) electrons. The van der Waals surface area contributed by atoms with E-state index in [4.69, 9.17) is 0 Å². The van der Waals surface area contributed by atoms with E-state index in [1.165, 1.54) is 5.56 Å². The predicted octanol–water partition coefficient (Wildman–Crippen LogP) is 3.57. The third-order valence-corrected chi connectivity index (χ3v) is 5.00. The highest BCUT2D eigenvalue weighted by Crippen LogP contribution is 2.20. The Labute approximate surface area is 155 Å². The van der Waals surface area contributed by atoms with E-state index in [2.05, 4.69) is 38.1 Å². The number of carbonyl (C=O) groups is 2. The van der Waals surface area contributed by atoms with Crippen LogP contribution in [0.4, 0.5) is 0 Å². The van der Waals surface area contributed by atoms with E-state index in [1.54, 1.807) is 9.80 Å². The van der Waals surface area contributed by atoms with Crippen LogP contribution in [-0.4, -0.2) is 34.2 Å². The van der Waals surface area contributed by atoms with E-state index < -0.39 is 6.04 Å². The number of nitrogens with zero attached hydrogens (tertiary/aromatic N) is 2. The number of hydrogen-bond acceptors (Lipinski definition) is 2. The zero-order chi connectivity index (χ0) is 18.7. The Kier molecular flexibility index (Phi) is 5.40. The number of benzene rings is 2.